The third-order valence-corrected chi connectivity index (χ3v) is 3.67. The highest BCUT2D eigenvalue weighted by atomic mass is 35.5. The van der Waals surface area contributed by atoms with E-state index >= 15 is 0 Å². The van der Waals surface area contributed by atoms with Gasteiger partial charge >= 0.3 is 0 Å². The fourth-order valence-electron chi connectivity index (χ4n) is 1.85. The number of halogens is 3. The maximum atomic E-state index is 10.6. The summed E-state index contributed by atoms with van der Waals surface area (Å²) in [7, 11) is 4.49. The van der Waals surface area contributed by atoms with Crippen LogP contribution in [0.2, 0.25) is 0 Å². The molecule has 0 saturated carbocycles. The molecule has 0 spiro atoms. The van der Waals surface area contributed by atoms with E-state index in [9.17, 15) is 5.11 Å². The summed E-state index contributed by atoms with van der Waals surface area (Å²) in [5.41, 5.74) is -0.893. The van der Waals surface area contributed by atoms with Gasteiger partial charge in [0, 0.05) is 6.42 Å². The molecule has 1 aromatic rings. The zero-order valence-electron chi connectivity index (χ0n) is 11.5. The molecule has 0 fully saturated rings. The van der Waals surface area contributed by atoms with Crippen molar-refractivity contribution in [1.82, 2.24) is 0 Å². The smallest absolute Gasteiger partial charge is 0.203 e. The molecule has 1 unspecified atom stereocenters. The molecule has 1 N–H and O–H groups in total. The quantitative estimate of drug-likeness (QED) is 0.772. The van der Waals surface area contributed by atoms with E-state index in [2.05, 4.69) is 0 Å². The number of hydrogen-bond donors (Lipinski definition) is 1. The van der Waals surface area contributed by atoms with Crippen molar-refractivity contribution < 1.29 is 19.3 Å². The molecule has 0 aliphatic heterocycles. The number of rotatable bonds is 7. The van der Waals surface area contributed by atoms with Crippen LogP contribution in [0.4, 0.5) is 0 Å². The Morgan fingerprint density at radius 1 is 1.10 bits per heavy atom. The van der Waals surface area contributed by atoms with E-state index in [1.165, 1.54) is 21.3 Å². The molecule has 0 heterocycles. The van der Waals surface area contributed by atoms with Crippen molar-refractivity contribution in [3.8, 4) is 17.2 Å². The summed E-state index contributed by atoms with van der Waals surface area (Å²) in [4.78, 5) is -0.752. The predicted molar refractivity (Wildman–Crippen MR) is 80.8 cm³/mol. The summed E-state index contributed by atoms with van der Waals surface area (Å²) in [6.07, 6.45) is 0.0816. The van der Waals surface area contributed by atoms with Crippen LogP contribution in [-0.2, 0) is 5.60 Å². The Hall–Kier alpha value is -0.550. The predicted octanol–water partition coefficient (Wildman–Crippen LogP) is 3.33. The summed E-state index contributed by atoms with van der Waals surface area (Å²) in [5, 5.41) is 10.6. The molecule has 7 heteroatoms. The molecule has 0 saturated heterocycles. The number of methoxy groups -OCH3 is 3. The van der Waals surface area contributed by atoms with E-state index in [1.54, 1.807) is 12.1 Å². The highest BCUT2D eigenvalue weighted by Gasteiger charge is 2.33. The molecular formula is C13H17Cl3O4. The third-order valence-electron chi connectivity index (χ3n) is 2.92. The van der Waals surface area contributed by atoms with Gasteiger partial charge in [0.05, 0.1) is 27.2 Å². The Bertz CT molecular complexity index is 428. The number of hydrogen-bond acceptors (Lipinski definition) is 4. The standard InChI is InChI=1S/C13H17Cl3O4/c1-18-9-4-8(5-10(19-2)12(9)20-3)13(17,7-14)6-11(15)16/h4-5,11,17H,6-7H2,1-3H3. The van der Waals surface area contributed by atoms with Gasteiger partial charge in [0.15, 0.2) is 11.5 Å². The molecule has 0 aromatic heterocycles. The van der Waals surface area contributed by atoms with Crippen LogP contribution >= 0.6 is 34.8 Å². The molecule has 0 aliphatic carbocycles. The van der Waals surface area contributed by atoms with Crippen molar-refractivity contribution in [1.29, 1.82) is 0 Å². The van der Waals surface area contributed by atoms with Gasteiger partial charge in [0.2, 0.25) is 5.75 Å². The molecule has 1 rings (SSSR count). The monoisotopic (exact) mass is 342 g/mol. The third kappa shape index (κ3) is 3.76. The van der Waals surface area contributed by atoms with E-state index in [0.29, 0.717) is 22.8 Å². The molecule has 1 aromatic carbocycles. The lowest BCUT2D eigenvalue weighted by molar-refractivity contribution is 0.0548. The van der Waals surface area contributed by atoms with E-state index in [1.807, 2.05) is 0 Å². The van der Waals surface area contributed by atoms with Crippen LogP contribution in [0.25, 0.3) is 0 Å². The second-order valence-electron chi connectivity index (χ2n) is 4.17. The van der Waals surface area contributed by atoms with Crippen molar-refractivity contribution in [2.45, 2.75) is 16.9 Å². The van der Waals surface area contributed by atoms with Crippen LogP contribution in [0.1, 0.15) is 12.0 Å². The second-order valence-corrected chi connectivity index (χ2v) is 5.72. The largest absolute Gasteiger partial charge is 0.493 e. The van der Waals surface area contributed by atoms with Gasteiger partial charge < -0.3 is 19.3 Å². The van der Waals surface area contributed by atoms with Gasteiger partial charge in [-0.1, -0.05) is 0 Å². The van der Waals surface area contributed by atoms with Crippen molar-refractivity contribution >= 4 is 34.8 Å². The van der Waals surface area contributed by atoms with E-state index in [0.717, 1.165) is 0 Å². The highest BCUT2D eigenvalue weighted by Crippen LogP contribution is 2.42. The maximum absolute atomic E-state index is 10.6. The average Bonchev–Trinajstić information content (AvgIpc) is 2.44. The zero-order chi connectivity index (χ0) is 15.3. The first-order chi connectivity index (χ1) is 9.41. The van der Waals surface area contributed by atoms with E-state index in [4.69, 9.17) is 49.0 Å². The highest BCUT2D eigenvalue weighted by molar-refractivity contribution is 6.44. The Morgan fingerprint density at radius 2 is 1.60 bits per heavy atom. The topological polar surface area (TPSA) is 47.9 Å². The van der Waals surface area contributed by atoms with Crippen molar-refractivity contribution in [3.05, 3.63) is 17.7 Å². The van der Waals surface area contributed by atoms with Gasteiger partial charge in [-0.25, -0.2) is 0 Å². The first-order valence-electron chi connectivity index (χ1n) is 5.78. The Balaban J connectivity index is 3.36. The Morgan fingerprint density at radius 3 is 1.90 bits per heavy atom. The number of alkyl halides is 3. The second kappa shape index (κ2) is 7.46. The van der Waals surface area contributed by atoms with Crippen molar-refractivity contribution in [3.63, 3.8) is 0 Å². The molecule has 114 valence electrons. The van der Waals surface area contributed by atoms with Crippen LogP contribution in [0, 0.1) is 0 Å². The maximum Gasteiger partial charge on any atom is 0.203 e. The van der Waals surface area contributed by atoms with Crippen LogP contribution in [0.5, 0.6) is 17.2 Å². The van der Waals surface area contributed by atoms with Crippen LogP contribution in [0.15, 0.2) is 12.1 Å². The van der Waals surface area contributed by atoms with Gasteiger partial charge in [0.25, 0.3) is 0 Å². The molecule has 1 atom stereocenters. The molecular weight excluding hydrogens is 326 g/mol. The summed E-state index contributed by atoms with van der Waals surface area (Å²) in [5.74, 6) is 1.21. The lowest BCUT2D eigenvalue weighted by Gasteiger charge is -2.28. The van der Waals surface area contributed by atoms with Gasteiger partial charge in [-0.3, -0.25) is 0 Å². The number of benzene rings is 1. The molecule has 0 radical (unpaired) electrons. The lowest BCUT2D eigenvalue weighted by atomic mass is 9.92. The number of ether oxygens (including phenoxy) is 3. The molecule has 0 aliphatic rings. The minimum absolute atomic E-state index is 0.0679. The lowest BCUT2D eigenvalue weighted by Crippen LogP contribution is -2.30. The van der Waals surface area contributed by atoms with E-state index in [-0.39, 0.29) is 12.3 Å². The zero-order valence-corrected chi connectivity index (χ0v) is 13.7. The first kappa shape index (κ1) is 17.5. The van der Waals surface area contributed by atoms with Gasteiger partial charge in [-0.15, -0.1) is 34.8 Å². The summed E-state index contributed by atoms with van der Waals surface area (Å²) < 4.78 is 15.7. The first-order valence-corrected chi connectivity index (χ1v) is 7.19. The van der Waals surface area contributed by atoms with Gasteiger partial charge in [0.1, 0.15) is 10.4 Å². The van der Waals surface area contributed by atoms with Crippen molar-refractivity contribution in [2.24, 2.45) is 0 Å². The van der Waals surface area contributed by atoms with Crippen LogP contribution < -0.4 is 14.2 Å². The van der Waals surface area contributed by atoms with Crippen LogP contribution in [0.3, 0.4) is 0 Å². The normalized spacial score (nSPS) is 14.0. The fraction of sp³-hybridized carbons (Fsp3) is 0.538. The molecule has 20 heavy (non-hydrogen) atoms. The van der Waals surface area contributed by atoms with Gasteiger partial charge in [-0.05, 0) is 17.7 Å². The summed E-state index contributed by atoms with van der Waals surface area (Å²) in [6.45, 7) is 0. The molecule has 0 amide bonds. The Labute approximate surface area is 133 Å². The number of aliphatic hydroxyl groups is 1. The Kier molecular flexibility index (Phi) is 6.52. The SMILES string of the molecule is COc1cc(C(O)(CCl)CC(Cl)Cl)cc(OC)c1OC. The minimum Gasteiger partial charge on any atom is -0.493 e. The fourth-order valence-corrected chi connectivity index (χ4v) is 2.63. The van der Waals surface area contributed by atoms with Crippen molar-refractivity contribution in [2.75, 3.05) is 27.2 Å². The average molecular weight is 344 g/mol. The van der Waals surface area contributed by atoms with Gasteiger partial charge in [-0.2, -0.15) is 0 Å². The van der Waals surface area contributed by atoms with Crippen LogP contribution in [-0.4, -0.2) is 37.2 Å². The summed E-state index contributed by atoms with van der Waals surface area (Å²) >= 11 is 17.4. The summed E-state index contributed by atoms with van der Waals surface area (Å²) in [6, 6.07) is 3.25. The minimum atomic E-state index is -1.39. The van der Waals surface area contributed by atoms with E-state index < -0.39 is 10.4 Å². The molecule has 4 nitrogen and oxygen atoms in total. The molecule has 0 bridgehead atoms.